The van der Waals surface area contributed by atoms with Crippen molar-refractivity contribution >= 4 is 39.5 Å². The van der Waals surface area contributed by atoms with Gasteiger partial charge < -0.3 is 33.8 Å². The second kappa shape index (κ2) is 67.8. The number of phosphoric ester groups is 2. The molecule has 0 aliphatic heterocycles. The van der Waals surface area contributed by atoms with E-state index in [-0.39, 0.29) is 25.7 Å². The summed E-state index contributed by atoms with van der Waals surface area (Å²) in [6.07, 6.45) is 61.1. The van der Waals surface area contributed by atoms with E-state index in [1.54, 1.807) is 0 Å². The second-order valence-electron chi connectivity index (χ2n) is 27.1. The number of hydrogen-bond acceptors (Lipinski definition) is 15. The zero-order chi connectivity index (χ0) is 70.7. The highest BCUT2D eigenvalue weighted by Crippen LogP contribution is 2.45. The molecule has 3 N–H and O–H groups in total. The van der Waals surface area contributed by atoms with Crippen LogP contribution in [0.1, 0.15) is 350 Å². The van der Waals surface area contributed by atoms with E-state index < -0.39 is 97.5 Å². The topological polar surface area (TPSA) is 237 Å². The van der Waals surface area contributed by atoms with Gasteiger partial charge in [-0.3, -0.25) is 37.3 Å². The van der Waals surface area contributed by atoms with E-state index in [1.165, 1.54) is 135 Å². The van der Waals surface area contributed by atoms with Gasteiger partial charge in [-0.2, -0.15) is 0 Å². The fourth-order valence-electron chi connectivity index (χ4n) is 10.7. The summed E-state index contributed by atoms with van der Waals surface area (Å²) in [5, 5.41) is 10.6. The second-order valence-corrected chi connectivity index (χ2v) is 30.0. The average molecular weight is 1400 g/mol. The van der Waals surface area contributed by atoms with E-state index in [0.717, 1.165) is 134 Å². The Labute approximate surface area is 585 Å². The van der Waals surface area contributed by atoms with Gasteiger partial charge in [0, 0.05) is 25.7 Å². The van der Waals surface area contributed by atoms with Crippen LogP contribution in [0.3, 0.4) is 0 Å². The summed E-state index contributed by atoms with van der Waals surface area (Å²) < 4.78 is 68.5. The molecule has 0 amide bonds. The monoisotopic (exact) mass is 1400 g/mol. The predicted molar refractivity (Wildman–Crippen MR) is 390 cm³/mol. The van der Waals surface area contributed by atoms with Gasteiger partial charge >= 0.3 is 39.5 Å². The van der Waals surface area contributed by atoms with Crippen molar-refractivity contribution < 1.29 is 80.2 Å². The van der Waals surface area contributed by atoms with Gasteiger partial charge in [0.25, 0.3) is 0 Å². The minimum absolute atomic E-state index is 0.0780. The van der Waals surface area contributed by atoms with Crippen LogP contribution in [0, 0.1) is 11.8 Å². The fourth-order valence-corrected chi connectivity index (χ4v) is 12.3. The number of ether oxygens (including phenoxy) is 4. The van der Waals surface area contributed by atoms with Crippen molar-refractivity contribution in [1.82, 2.24) is 0 Å². The normalized spacial score (nSPS) is 14.6. The first-order valence-electron chi connectivity index (χ1n) is 38.7. The molecule has 96 heavy (non-hydrogen) atoms. The van der Waals surface area contributed by atoms with Crippen molar-refractivity contribution in [3.63, 3.8) is 0 Å². The van der Waals surface area contributed by atoms with Crippen LogP contribution in [0.15, 0.2) is 48.6 Å². The first-order valence-corrected chi connectivity index (χ1v) is 41.7. The molecule has 0 aromatic rings. The molecule has 0 aliphatic rings. The maximum absolute atomic E-state index is 13.1. The van der Waals surface area contributed by atoms with Gasteiger partial charge in [-0.15, -0.1) is 0 Å². The van der Waals surface area contributed by atoms with Gasteiger partial charge in [0.05, 0.1) is 26.4 Å². The van der Waals surface area contributed by atoms with E-state index in [9.17, 15) is 43.2 Å². The van der Waals surface area contributed by atoms with E-state index in [1.807, 2.05) is 0 Å². The molecule has 0 spiro atoms. The Kier molecular flexibility index (Phi) is 65.7. The number of allylic oxidation sites excluding steroid dienone is 8. The Bertz CT molecular complexity index is 2050. The van der Waals surface area contributed by atoms with E-state index in [4.69, 9.17) is 37.0 Å². The third kappa shape index (κ3) is 68.2. The van der Waals surface area contributed by atoms with Crippen LogP contribution in [-0.2, 0) is 65.4 Å². The predicted octanol–water partition coefficient (Wildman–Crippen LogP) is 21.8. The number of phosphoric acid groups is 2. The molecule has 0 aromatic heterocycles. The first kappa shape index (κ1) is 93.0. The average Bonchev–Trinajstić information content (AvgIpc) is 1.27. The molecule has 0 rings (SSSR count). The Morgan fingerprint density at radius 2 is 0.615 bits per heavy atom. The van der Waals surface area contributed by atoms with Crippen LogP contribution in [0.2, 0.25) is 0 Å². The summed E-state index contributed by atoms with van der Waals surface area (Å²) in [5.74, 6) is -0.635. The molecule has 0 aliphatic carbocycles. The molecule has 0 saturated carbocycles. The van der Waals surface area contributed by atoms with Crippen molar-refractivity contribution in [2.24, 2.45) is 11.8 Å². The van der Waals surface area contributed by atoms with E-state index >= 15 is 0 Å². The van der Waals surface area contributed by atoms with Gasteiger partial charge in [0.1, 0.15) is 19.3 Å². The molecule has 0 radical (unpaired) electrons. The molecule has 562 valence electrons. The Balaban J connectivity index is 5.34. The van der Waals surface area contributed by atoms with E-state index in [2.05, 4.69) is 90.2 Å². The van der Waals surface area contributed by atoms with Crippen LogP contribution in [-0.4, -0.2) is 96.7 Å². The molecule has 0 heterocycles. The maximum Gasteiger partial charge on any atom is 0.472 e. The number of carbonyl (C=O) groups is 4. The molecular formula is C77H142O17P2. The lowest BCUT2D eigenvalue weighted by molar-refractivity contribution is -0.161. The fraction of sp³-hybridized carbons (Fsp3) is 0.844. The molecule has 0 aromatic carbocycles. The lowest BCUT2D eigenvalue weighted by Gasteiger charge is -2.21. The van der Waals surface area contributed by atoms with Crippen molar-refractivity contribution in [3.05, 3.63) is 48.6 Å². The highest BCUT2D eigenvalue weighted by Gasteiger charge is 2.30. The van der Waals surface area contributed by atoms with Crippen molar-refractivity contribution in [1.29, 1.82) is 0 Å². The highest BCUT2D eigenvalue weighted by molar-refractivity contribution is 7.47. The number of carbonyl (C=O) groups excluding carboxylic acids is 4. The quantitative estimate of drug-likeness (QED) is 0.0169. The van der Waals surface area contributed by atoms with Gasteiger partial charge in [-0.05, 0) is 88.9 Å². The summed E-state index contributed by atoms with van der Waals surface area (Å²) in [6.45, 7) is 9.47. The minimum atomic E-state index is -4.97. The number of aliphatic hydroxyl groups is 1. The Hall–Kier alpha value is -2.98. The molecular weight excluding hydrogens is 1260 g/mol. The zero-order valence-electron chi connectivity index (χ0n) is 61.6. The van der Waals surface area contributed by atoms with Crippen LogP contribution < -0.4 is 0 Å². The first-order chi connectivity index (χ1) is 46.4. The summed E-state index contributed by atoms with van der Waals surface area (Å²) in [6, 6.07) is 0. The summed E-state index contributed by atoms with van der Waals surface area (Å²) in [5.41, 5.74) is 0. The zero-order valence-corrected chi connectivity index (χ0v) is 63.4. The van der Waals surface area contributed by atoms with Crippen LogP contribution in [0.5, 0.6) is 0 Å². The standard InChI is InChI=1S/C77H142O17P2/c1-7-10-12-14-16-18-20-22-24-26-28-35-41-47-53-59-74(79)87-65-72(93-76(81)61-55-49-43-36-29-27-25-23-21-19-17-15-13-11-8-2)67-91-95(83,84)89-63-71(78)64-90-96(85,86)92-68-73(66-88-75(80)60-54-48-42-38-32-33-39-45-51-57-69(4)5)94-77(82)62-56-50-44-37-31-30-34-40-46-52-58-70(6)9-3/h18-25,69-73,78H,7-17,26-68H2,1-6H3,(H,83,84)(H,85,86)/b20-18-,21-19-,24-22-,25-23-/t70?,71-,72-,73-/m1/s1. The lowest BCUT2D eigenvalue weighted by atomic mass is 9.99. The van der Waals surface area contributed by atoms with Crippen molar-refractivity contribution in [2.45, 2.75) is 368 Å². The lowest BCUT2D eigenvalue weighted by Crippen LogP contribution is -2.30. The molecule has 19 heteroatoms. The van der Waals surface area contributed by atoms with Gasteiger partial charge in [-0.1, -0.05) is 296 Å². The molecule has 6 atom stereocenters. The van der Waals surface area contributed by atoms with Gasteiger partial charge in [0.2, 0.25) is 0 Å². The van der Waals surface area contributed by atoms with Crippen molar-refractivity contribution in [2.75, 3.05) is 39.6 Å². The Morgan fingerprint density at radius 1 is 0.344 bits per heavy atom. The Morgan fingerprint density at radius 3 is 0.927 bits per heavy atom. The van der Waals surface area contributed by atoms with Crippen LogP contribution >= 0.6 is 15.6 Å². The molecule has 0 fully saturated rings. The van der Waals surface area contributed by atoms with Gasteiger partial charge in [0.15, 0.2) is 12.2 Å². The molecule has 0 saturated heterocycles. The SMILES string of the molecule is CCCCCC/C=C\C=C/CCCCCCCC(=O)OC[C@H](COP(=O)(O)OC[C@@H](O)COP(=O)(O)OC[C@@H](COC(=O)CCCCCCCCCCCC(C)C)OC(=O)CCCCCCCCCCCCC(C)CC)OC(=O)CCCCCCC/C=C\C=C/CCCCCC. The third-order valence-corrected chi connectivity index (χ3v) is 19.0. The highest BCUT2D eigenvalue weighted by atomic mass is 31.2. The maximum atomic E-state index is 13.1. The summed E-state index contributed by atoms with van der Waals surface area (Å²) in [4.78, 5) is 72.8. The number of aliphatic hydroxyl groups excluding tert-OH is 1. The number of esters is 4. The third-order valence-electron chi connectivity index (χ3n) is 17.1. The van der Waals surface area contributed by atoms with Gasteiger partial charge in [-0.25, -0.2) is 9.13 Å². The van der Waals surface area contributed by atoms with Crippen LogP contribution in [0.4, 0.5) is 0 Å². The van der Waals surface area contributed by atoms with Crippen molar-refractivity contribution in [3.8, 4) is 0 Å². The molecule has 0 bridgehead atoms. The summed E-state index contributed by atoms with van der Waals surface area (Å²) >= 11 is 0. The largest absolute Gasteiger partial charge is 0.472 e. The molecule has 3 unspecified atom stereocenters. The number of unbranched alkanes of at least 4 members (excludes halogenated alkanes) is 35. The van der Waals surface area contributed by atoms with Crippen LogP contribution in [0.25, 0.3) is 0 Å². The smallest absolute Gasteiger partial charge is 0.462 e. The van der Waals surface area contributed by atoms with E-state index in [0.29, 0.717) is 25.7 Å². The number of rotatable bonds is 72. The number of hydrogen-bond donors (Lipinski definition) is 3. The molecule has 17 nitrogen and oxygen atoms in total. The minimum Gasteiger partial charge on any atom is -0.462 e. The summed E-state index contributed by atoms with van der Waals surface area (Å²) in [7, 11) is -9.94.